The summed E-state index contributed by atoms with van der Waals surface area (Å²) in [4.78, 5) is 27.2. The number of hydrogen-bond donors (Lipinski definition) is 2. The SMILES string of the molecule is CC(C)(CNC(=O)c1cncn1-c1ccccc1)C(=O)O. The monoisotopic (exact) mass is 287 g/mol. The highest BCUT2D eigenvalue weighted by Gasteiger charge is 2.28. The molecule has 110 valence electrons. The highest BCUT2D eigenvalue weighted by atomic mass is 16.4. The maximum atomic E-state index is 12.2. The van der Waals surface area contributed by atoms with Gasteiger partial charge in [-0.3, -0.25) is 14.2 Å². The minimum absolute atomic E-state index is 0.0428. The fourth-order valence-electron chi connectivity index (χ4n) is 1.72. The first-order chi connectivity index (χ1) is 9.92. The second kappa shape index (κ2) is 5.78. The van der Waals surface area contributed by atoms with E-state index in [9.17, 15) is 9.59 Å². The maximum absolute atomic E-state index is 12.2. The minimum Gasteiger partial charge on any atom is -0.481 e. The molecular weight excluding hydrogens is 270 g/mol. The van der Waals surface area contributed by atoms with Crippen LogP contribution in [0.3, 0.4) is 0 Å². The number of nitrogens with zero attached hydrogens (tertiary/aromatic N) is 2. The van der Waals surface area contributed by atoms with Gasteiger partial charge >= 0.3 is 5.97 Å². The highest BCUT2D eigenvalue weighted by molar-refractivity contribution is 5.93. The van der Waals surface area contributed by atoms with E-state index in [4.69, 9.17) is 5.11 Å². The van der Waals surface area contributed by atoms with Crippen LogP contribution < -0.4 is 5.32 Å². The number of nitrogens with one attached hydrogen (secondary N) is 1. The molecule has 2 N–H and O–H groups in total. The molecule has 6 nitrogen and oxygen atoms in total. The second-order valence-corrected chi connectivity index (χ2v) is 5.36. The lowest BCUT2D eigenvalue weighted by Crippen LogP contribution is -2.39. The van der Waals surface area contributed by atoms with Crippen LogP contribution in [-0.2, 0) is 4.79 Å². The molecule has 1 heterocycles. The van der Waals surface area contributed by atoms with Gasteiger partial charge in [0.2, 0.25) is 0 Å². The van der Waals surface area contributed by atoms with Gasteiger partial charge in [-0.2, -0.15) is 0 Å². The topological polar surface area (TPSA) is 84.2 Å². The lowest BCUT2D eigenvalue weighted by molar-refractivity contribution is -0.146. The molecular formula is C15H17N3O3. The Morgan fingerprint density at radius 3 is 2.57 bits per heavy atom. The zero-order valence-corrected chi connectivity index (χ0v) is 11.9. The minimum atomic E-state index is -1.02. The average molecular weight is 287 g/mol. The fraction of sp³-hybridized carbons (Fsp3) is 0.267. The summed E-state index contributed by atoms with van der Waals surface area (Å²) in [5, 5.41) is 11.7. The number of rotatable bonds is 5. The smallest absolute Gasteiger partial charge is 0.310 e. The van der Waals surface area contributed by atoms with Gasteiger partial charge in [0.1, 0.15) is 5.69 Å². The predicted octanol–water partition coefficient (Wildman–Crippen LogP) is 1.71. The van der Waals surface area contributed by atoms with Gasteiger partial charge in [-0.25, -0.2) is 4.98 Å². The zero-order valence-electron chi connectivity index (χ0n) is 11.9. The van der Waals surface area contributed by atoms with Gasteiger partial charge < -0.3 is 10.4 Å². The average Bonchev–Trinajstić information content (AvgIpc) is 2.95. The molecule has 0 radical (unpaired) electrons. The molecule has 0 aliphatic heterocycles. The van der Waals surface area contributed by atoms with Gasteiger partial charge in [-0.05, 0) is 26.0 Å². The molecule has 0 atom stereocenters. The van der Waals surface area contributed by atoms with Crippen LogP contribution in [0, 0.1) is 5.41 Å². The molecule has 2 rings (SSSR count). The third-order valence-corrected chi connectivity index (χ3v) is 3.18. The molecule has 1 aromatic heterocycles. The number of aliphatic carboxylic acids is 1. The number of carbonyl (C=O) groups is 2. The molecule has 0 spiro atoms. The quantitative estimate of drug-likeness (QED) is 0.877. The summed E-state index contributed by atoms with van der Waals surface area (Å²) in [6.07, 6.45) is 3.00. The molecule has 0 bridgehead atoms. The zero-order chi connectivity index (χ0) is 15.5. The number of para-hydroxylation sites is 1. The van der Waals surface area contributed by atoms with Gasteiger partial charge in [0.15, 0.2) is 0 Å². The van der Waals surface area contributed by atoms with Gasteiger partial charge in [-0.1, -0.05) is 18.2 Å². The Balaban J connectivity index is 2.15. The van der Waals surface area contributed by atoms with E-state index >= 15 is 0 Å². The first kappa shape index (κ1) is 14.8. The molecule has 0 aliphatic rings. The van der Waals surface area contributed by atoms with Gasteiger partial charge in [0, 0.05) is 12.2 Å². The Labute approximate surface area is 122 Å². The maximum Gasteiger partial charge on any atom is 0.310 e. The largest absolute Gasteiger partial charge is 0.481 e. The van der Waals surface area contributed by atoms with Crippen molar-refractivity contribution < 1.29 is 14.7 Å². The molecule has 0 aliphatic carbocycles. The van der Waals surface area contributed by atoms with Gasteiger partial charge in [0.25, 0.3) is 5.91 Å². The lowest BCUT2D eigenvalue weighted by atomic mass is 9.94. The summed E-state index contributed by atoms with van der Waals surface area (Å²) in [6, 6.07) is 9.34. The fourth-order valence-corrected chi connectivity index (χ4v) is 1.72. The first-order valence-corrected chi connectivity index (χ1v) is 6.51. The molecule has 1 aromatic carbocycles. The van der Waals surface area contributed by atoms with E-state index in [0.717, 1.165) is 5.69 Å². The number of carboxylic acids is 1. The Morgan fingerprint density at radius 1 is 1.29 bits per heavy atom. The van der Waals surface area contributed by atoms with Crippen LogP contribution in [0.15, 0.2) is 42.9 Å². The summed E-state index contributed by atoms with van der Waals surface area (Å²) in [6.45, 7) is 3.16. The number of carboxylic acid groups (broad SMARTS) is 1. The summed E-state index contributed by atoms with van der Waals surface area (Å²) < 4.78 is 1.66. The van der Waals surface area contributed by atoms with Gasteiger partial charge in [-0.15, -0.1) is 0 Å². The van der Waals surface area contributed by atoms with E-state index in [1.54, 1.807) is 24.7 Å². The summed E-state index contributed by atoms with van der Waals surface area (Å²) in [5.41, 5.74) is 0.160. The molecule has 0 saturated heterocycles. The van der Waals surface area contributed by atoms with Crippen LogP contribution >= 0.6 is 0 Å². The van der Waals surface area contributed by atoms with Crippen molar-refractivity contribution in [1.29, 1.82) is 0 Å². The Bertz CT molecular complexity index is 647. The molecule has 2 aromatic rings. The summed E-state index contributed by atoms with van der Waals surface area (Å²) >= 11 is 0. The van der Waals surface area contributed by atoms with Crippen molar-refractivity contribution >= 4 is 11.9 Å². The van der Waals surface area contributed by atoms with E-state index < -0.39 is 11.4 Å². The van der Waals surface area contributed by atoms with E-state index in [0.29, 0.717) is 5.69 Å². The van der Waals surface area contributed by atoms with E-state index in [1.165, 1.54) is 6.20 Å². The van der Waals surface area contributed by atoms with Crippen molar-refractivity contribution in [3.63, 3.8) is 0 Å². The Hall–Kier alpha value is -2.63. The van der Waals surface area contributed by atoms with E-state index in [2.05, 4.69) is 10.3 Å². The molecule has 0 saturated carbocycles. The first-order valence-electron chi connectivity index (χ1n) is 6.51. The summed E-state index contributed by atoms with van der Waals surface area (Å²) in [5.74, 6) is -1.31. The standard InChI is InChI=1S/C15H17N3O3/c1-15(2,14(20)21)9-17-13(19)12-8-16-10-18(12)11-6-4-3-5-7-11/h3-8,10H,9H2,1-2H3,(H,17,19)(H,20,21). The molecule has 1 amide bonds. The predicted molar refractivity (Wildman–Crippen MR) is 77.3 cm³/mol. The molecule has 6 heteroatoms. The van der Waals surface area contributed by atoms with Crippen molar-refractivity contribution in [3.8, 4) is 5.69 Å². The van der Waals surface area contributed by atoms with Crippen LogP contribution in [0.2, 0.25) is 0 Å². The van der Waals surface area contributed by atoms with Crippen molar-refractivity contribution in [2.75, 3.05) is 6.54 Å². The van der Waals surface area contributed by atoms with Crippen molar-refractivity contribution in [3.05, 3.63) is 48.5 Å². The number of amides is 1. The van der Waals surface area contributed by atoms with Crippen LogP contribution in [0.25, 0.3) is 5.69 Å². The van der Waals surface area contributed by atoms with E-state index in [-0.39, 0.29) is 12.5 Å². The van der Waals surface area contributed by atoms with E-state index in [1.807, 2.05) is 30.3 Å². The molecule has 21 heavy (non-hydrogen) atoms. The highest BCUT2D eigenvalue weighted by Crippen LogP contribution is 2.14. The third kappa shape index (κ3) is 3.28. The van der Waals surface area contributed by atoms with Gasteiger partial charge in [0.05, 0.1) is 17.9 Å². The van der Waals surface area contributed by atoms with Crippen molar-refractivity contribution in [2.45, 2.75) is 13.8 Å². The van der Waals surface area contributed by atoms with Crippen LogP contribution in [0.5, 0.6) is 0 Å². The Morgan fingerprint density at radius 2 is 1.95 bits per heavy atom. The Kier molecular flexibility index (Phi) is 4.07. The van der Waals surface area contributed by atoms with Crippen molar-refractivity contribution in [2.24, 2.45) is 5.41 Å². The summed E-state index contributed by atoms with van der Waals surface area (Å²) in [7, 11) is 0. The van der Waals surface area contributed by atoms with Crippen LogP contribution in [0.1, 0.15) is 24.3 Å². The molecule has 0 unspecified atom stereocenters. The number of carbonyl (C=O) groups excluding carboxylic acids is 1. The van der Waals surface area contributed by atoms with Crippen molar-refractivity contribution in [1.82, 2.24) is 14.9 Å². The number of hydrogen-bond acceptors (Lipinski definition) is 3. The number of imidazole rings is 1. The van der Waals surface area contributed by atoms with Crippen LogP contribution in [-0.4, -0.2) is 33.1 Å². The number of benzene rings is 1. The number of aromatic nitrogens is 2. The third-order valence-electron chi connectivity index (χ3n) is 3.18. The lowest BCUT2D eigenvalue weighted by Gasteiger charge is -2.19. The normalized spacial score (nSPS) is 11.1. The molecule has 0 fully saturated rings. The second-order valence-electron chi connectivity index (χ2n) is 5.36. The van der Waals surface area contributed by atoms with Crippen LogP contribution in [0.4, 0.5) is 0 Å².